The molecule has 1 aliphatic rings. The van der Waals surface area contributed by atoms with Gasteiger partial charge < -0.3 is 4.42 Å². The van der Waals surface area contributed by atoms with E-state index in [1.54, 1.807) is 13.1 Å². The molecule has 1 fully saturated rings. The maximum Gasteiger partial charge on any atom is 0.433 e. The summed E-state index contributed by atoms with van der Waals surface area (Å²) in [5.74, 6) is -1.64. The molecule has 144 valence electrons. The third-order valence-electron chi connectivity index (χ3n) is 4.35. The first-order valence-electron chi connectivity index (χ1n) is 8.52. The lowest BCUT2D eigenvalue weighted by atomic mass is 9.92. The van der Waals surface area contributed by atoms with E-state index >= 15 is 0 Å². The molecule has 2 aromatic heterocycles. The maximum atomic E-state index is 13.0. The van der Waals surface area contributed by atoms with Gasteiger partial charge in [0.25, 0.3) is 5.91 Å². The minimum absolute atomic E-state index is 0.179. The average Bonchev–Trinajstić information content (AvgIpc) is 3.31. The molecule has 0 aromatic carbocycles. The van der Waals surface area contributed by atoms with Gasteiger partial charge in [0.15, 0.2) is 0 Å². The van der Waals surface area contributed by atoms with Crippen LogP contribution < -0.4 is 0 Å². The third kappa shape index (κ3) is 3.42. The number of aromatic nitrogens is 2. The fraction of sp³-hybridized carbons (Fsp3) is 0.471. The van der Waals surface area contributed by atoms with Crippen molar-refractivity contribution >= 4 is 17.7 Å². The zero-order valence-corrected chi connectivity index (χ0v) is 15.6. The molecule has 0 atom stereocenters. The van der Waals surface area contributed by atoms with E-state index in [1.165, 1.54) is 20.8 Å². The Hall–Kier alpha value is -3.17. The van der Waals surface area contributed by atoms with Crippen LogP contribution in [-0.2, 0) is 12.5 Å². The van der Waals surface area contributed by atoms with Crippen molar-refractivity contribution in [3.63, 3.8) is 0 Å². The topological polar surface area (TPSA) is 115 Å². The van der Waals surface area contributed by atoms with Crippen molar-refractivity contribution in [3.05, 3.63) is 45.5 Å². The standard InChI is InChI=1S/C17H21N5O5/c1-17(2,3)13-10-11(19(4)18-13)15(23)20-8-5-9-21(20)16(24)12-6-7-14(27-12)22(25)26/h6-7,10H,5,8-9H2,1-4H3. The predicted octanol–water partition coefficient (Wildman–Crippen LogP) is 2.12. The zero-order valence-electron chi connectivity index (χ0n) is 15.6. The number of aryl methyl sites for hydroxylation is 1. The highest BCUT2D eigenvalue weighted by Crippen LogP contribution is 2.25. The van der Waals surface area contributed by atoms with E-state index in [-0.39, 0.29) is 17.1 Å². The summed E-state index contributed by atoms with van der Waals surface area (Å²) < 4.78 is 6.48. The Morgan fingerprint density at radius 3 is 2.33 bits per heavy atom. The number of nitro groups is 1. The van der Waals surface area contributed by atoms with Gasteiger partial charge >= 0.3 is 11.8 Å². The van der Waals surface area contributed by atoms with Gasteiger partial charge in [0.05, 0.1) is 11.8 Å². The lowest BCUT2D eigenvalue weighted by Gasteiger charge is -2.26. The molecule has 0 bridgehead atoms. The van der Waals surface area contributed by atoms with Crippen molar-refractivity contribution in [1.29, 1.82) is 0 Å². The minimum Gasteiger partial charge on any atom is -0.395 e. The van der Waals surface area contributed by atoms with E-state index < -0.39 is 16.7 Å². The Bertz CT molecular complexity index is 907. The summed E-state index contributed by atoms with van der Waals surface area (Å²) in [5.41, 5.74) is 0.918. The van der Waals surface area contributed by atoms with Crippen LogP contribution in [0, 0.1) is 10.1 Å². The zero-order chi connectivity index (χ0) is 19.9. The van der Waals surface area contributed by atoms with Gasteiger partial charge in [-0.05, 0) is 18.6 Å². The van der Waals surface area contributed by atoms with Crippen LogP contribution in [0.3, 0.4) is 0 Å². The van der Waals surface area contributed by atoms with Gasteiger partial charge in [0.1, 0.15) is 10.6 Å². The molecule has 0 unspecified atom stereocenters. The van der Waals surface area contributed by atoms with E-state index in [9.17, 15) is 19.7 Å². The number of hydrogen-bond acceptors (Lipinski definition) is 6. The van der Waals surface area contributed by atoms with E-state index in [4.69, 9.17) is 4.42 Å². The molecule has 0 saturated carbocycles. The molecule has 0 spiro atoms. The first-order chi connectivity index (χ1) is 12.6. The second-order valence-corrected chi connectivity index (χ2v) is 7.39. The SMILES string of the molecule is Cn1nc(C(C)(C)C)cc1C(=O)N1CCCN1C(=O)c1ccc([N+](=O)[O-])o1. The van der Waals surface area contributed by atoms with E-state index in [0.717, 1.165) is 11.8 Å². The van der Waals surface area contributed by atoms with Gasteiger partial charge in [0.2, 0.25) is 5.76 Å². The van der Waals surface area contributed by atoms with Crippen LogP contribution in [0.4, 0.5) is 5.88 Å². The number of carbonyl (C=O) groups excluding carboxylic acids is 2. The van der Waals surface area contributed by atoms with Crippen LogP contribution >= 0.6 is 0 Å². The van der Waals surface area contributed by atoms with Gasteiger partial charge in [0, 0.05) is 25.6 Å². The van der Waals surface area contributed by atoms with Crippen molar-refractivity contribution in [2.45, 2.75) is 32.6 Å². The van der Waals surface area contributed by atoms with E-state index in [1.807, 2.05) is 20.8 Å². The first kappa shape index (κ1) is 18.6. The number of amides is 2. The van der Waals surface area contributed by atoms with Crippen molar-refractivity contribution in [2.24, 2.45) is 7.05 Å². The van der Waals surface area contributed by atoms with Gasteiger partial charge in [-0.1, -0.05) is 20.8 Å². The maximum absolute atomic E-state index is 13.0. The van der Waals surface area contributed by atoms with Gasteiger partial charge in [-0.15, -0.1) is 0 Å². The summed E-state index contributed by atoms with van der Waals surface area (Å²) in [6.45, 7) is 6.68. The lowest BCUT2D eigenvalue weighted by Crippen LogP contribution is -2.45. The first-order valence-corrected chi connectivity index (χ1v) is 8.52. The Morgan fingerprint density at radius 2 is 1.81 bits per heavy atom. The van der Waals surface area contributed by atoms with Crippen LogP contribution in [0.1, 0.15) is 53.9 Å². The van der Waals surface area contributed by atoms with Crippen molar-refractivity contribution in [1.82, 2.24) is 19.8 Å². The van der Waals surface area contributed by atoms with Crippen LogP contribution in [0.5, 0.6) is 0 Å². The molecule has 3 heterocycles. The summed E-state index contributed by atoms with van der Waals surface area (Å²) >= 11 is 0. The second kappa shape index (κ2) is 6.53. The molecule has 3 rings (SSSR count). The number of furan rings is 1. The Morgan fingerprint density at radius 1 is 1.19 bits per heavy atom. The van der Waals surface area contributed by atoms with E-state index in [0.29, 0.717) is 25.2 Å². The van der Waals surface area contributed by atoms with Gasteiger partial charge in [-0.2, -0.15) is 5.10 Å². The van der Waals surface area contributed by atoms with Crippen LogP contribution in [0.15, 0.2) is 22.6 Å². The third-order valence-corrected chi connectivity index (χ3v) is 4.35. The van der Waals surface area contributed by atoms with Crippen molar-refractivity contribution < 1.29 is 18.9 Å². The largest absolute Gasteiger partial charge is 0.433 e. The quantitative estimate of drug-likeness (QED) is 0.599. The number of hydrogen-bond donors (Lipinski definition) is 0. The molecule has 1 aliphatic heterocycles. The molecular formula is C17H21N5O5. The number of carbonyl (C=O) groups is 2. The van der Waals surface area contributed by atoms with Crippen LogP contribution in [-0.4, -0.2) is 49.6 Å². The molecule has 10 heteroatoms. The molecule has 0 N–H and O–H groups in total. The average molecular weight is 375 g/mol. The smallest absolute Gasteiger partial charge is 0.395 e. The van der Waals surface area contributed by atoms with Gasteiger partial charge in [-0.3, -0.25) is 24.4 Å². The molecular weight excluding hydrogens is 354 g/mol. The van der Waals surface area contributed by atoms with Crippen LogP contribution in [0.2, 0.25) is 0 Å². The van der Waals surface area contributed by atoms with Crippen molar-refractivity contribution in [3.8, 4) is 0 Å². The Labute approximate surface area is 155 Å². The van der Waals surface area contributed by atoms with Crippen LogP contribution in [0.25, 0.3) is 0 Å². The van der Waals surface area contributed by atoms with E-state index in [2.05, 4.69) is 5.10 Å². The molecule has 27 heavy (non-hydrogen) atoms. The highest BCUT2D eigenvalue weighted by Gasteiger charge is 2.35. The number of hydrazine groups is 1. The fourth-order valence-electron chi connectivity index (χ4n) is 2.87. The molecule has 10 nitrogen and oxygen atoms in total. The summed E-state index contributed by atoms with van der Waals surface area (Å²) in [5, 5.41) is 17.7. The molecule has 2 aromatic rings. The summed E-state index contributed by atoms with van der Waals surface area (Å²) in [7, 11) is 1.68. The normalized spacial score (nSPS) is 14.7. The molecule has 0 radical (unpaired) electrons. The molecule has 1 saturated heterocycles. The fourth-order valence-corrected chi connectivity index (χ4v) is 2.87. The molecule has 0 aliphatic carbocycles. The Balaban J connectivity index is 1.85. The summed E-state index contributed by atoms with van der Waals surface area (Å²) in [4.78, 5) is 35.7. The number of nitrogens with zero attached hydrogens (tertiary/aromatic N) is 5. The summed E-state index contributed by atoms with van der Waals surface area (Å²) in [6, 6.07) is 4.08. The summed E-state index contributed by atoms with van der Waals surface area (Å²) in [6.07, 6.45) is 0.601. The molecule has 2 amide bonds. The lowest BCUT2D eigenvalue weighted by molar-refractivity contribution is -0.402. The predicted molar refractivity (Wildman–Crippen MR) is 94.0 cm³/mol. The highest BCUT2D eigenvalue weighted by molar-refractivity contribution is 5.97. The van der Waals surface area contributed by atoms with Gasteiger partial charge in [-0.25, -0.2) is 10.0 Å². The van der Waals surface area contributed by atoms with Crippen molar-refractivity contribution in [2.75, 3.05) is 13.1 Å². The monoisotopic (exact) mass is 375 g/mol. The second-order valence-electron chi connectivity index (χ2n) is 7.39. The Kier molecular flexibility index (Phi) is 4.50. The minimum atomic E-state index is -0.715. The highest BCUT2D eigenvalue weighted by atomic mass is 16.6. The number of rotatable bonds is 3.